The summed E-state index contributed by atoms with van der Waals surface area (Å²) in [5, 5.41) is 3.12. The van der Waals surface area contributed by atoms with Gasteiger partial charge in [0.15, 0.2) is 5.16 Å². The Morgan fingerprint density at radius 3 is 3.00 bits per heavy atom. The smallest absolute Gasteiger partial charge is 0.236 e. The van der Waals surface area contributed by atoms with Gasteiger partial charge in [-0.2, -0.15) is 0 Å². The van der Waals surface area contributed by atoms with Crippen molar-refractivity contribution < 1.29 is 9.53 Å². The predicted octanol–water partition coefficient (Wildman–Crippen LogP) is 1.61. The summed E-state index contributed by atoms with van der Waals surface area (Å²) in [7, 11) is 0. The number of ether oxygens (including phenoxy) is 1. The number of fused-ring (bicyclic) bond motifs is 1. The van der Waals surface area contributed by atoms with Gasteiger partial charge in [0.1, 0.15) is 10.6 Å². The van der Waals surface area contributed by atoms with Crippen molar-refractivity contribution in [3.63, 3.8) is 0 Å². The Morgan fingerprint density at radius 2 is 2.24 bits per heavy atom. The van der Waals surface area contributed by atoms with Crippen LogP contribution in [0.1, 0.15) is 6.92 Å². The van der Waals surface area contributed by atoms with Gasteiger partial charge in [0.05, 0.1) is 23.8 Å². The van der Waals surface area contributed by atoms with Crippen LogP contribution in [0.25, 0.3) is 10.2 Å². The van der Waals surface area contributed by atoms with Crippen molar-refractivity contribution in [3.05, 3.63) is 11.4 Å². The number of carbonyl (C=O) groups excluding carboxylic acids is 1. The average Bonchev–Trinajstić information content (AvgIpc) is 2.96. The number of nitrogens with two attached hydrogens (primary N) is 1. The van der Waals surface area contributed by atoms with Gasteiger partial charge >= 0.3 is 0 Å². The van der Waals surface area contributed by atoms with Crippen LogP contribution in [0.3, 0.4) is 0 Å². The van der Waals surface area contributed by atoms with Crippen LogP contribution in [-0.4, -0.2) is 52.3 Å². The highest BCUT2D eigenvalue weighted by Gasteiger charge is 2.24. The zero-order valence-electron chi connectivity index (χ0n) is 11.6. The Hall–Kier alpha value is -1.38. The number of morpholine rings is 1. The van der Waals surface area contributed by atoms with Crippen LogP contribution >= 0.6 is 23.1 Å². The number of carbonyl (C=O) groups is 1. The Balaban J connectivity index is 1.73. The first-order valence-corrected chi connectivity index (χ1v) is 8.45. The van der Waals surface area contributed by atoms with E-state index in [9.17, 15) is 4.79 Å². The van der Waals surface area contributed by atoms with Crippen LogP contribution < -0.4 is 5.73 Å². The molecule has 2 aromatic heterocycles. The lowest BCUT2D eigenvalue weighted by molar-refractivity contribution is -0.134. The molecular formula is C13H16N4O2S2. The molecular weight excluding hydrogens is 308 g/mol. The summed E-state index contributed by atoms with van der Waals surface area (Å²) in [4.78, 5) is 23.8. The molecule has 112 valence electrons. The van der Waals surface area contributed by atoms with Crippen molar-refractivity contribution in [1.29, 1.82) is 0 Å². The van der Waals surface area contributed by atoms with Gasteiger partial charge in [0.25, 0.3) is 0 Å². The zero-order valence-corrected chi connectivity index (χ0v) is 13.2. The second kappa shape index (κ2) is 6.17. The number of nitrogen functional groups attached to an aromatic ring is 1. The van der Waals surface area contributed by atoms with E-state index in [2.05, 4.69) is 9.97 Å². The minimum atomic E-state index is -0.236. The maximum Gasteiger partial charge on any atom is 0.236 e. The molecule has 21 heavy (non-hydrogen) atoms. The molecule has 1 aliphatic rings. The second-order valence-electron chi connectivity index (χ2n) is 4.73. The molecule has 0 bridgehead atoms. The molecule has 0 saturated carbocycles. The number of nitrogens with zero attached hydrogens (tertiary/aromatic N) is 3. The van der Waals surface area contributed by atoms with Gasteiger partial charge < -0.3 is 15.4 Å². The molecule has 0 aliphatic carbocycles. The minimum absolute atomic E-state index is 0.0942. The van der Waals surface area contributed by atoms with Crippen LogP contribution in [0.2, 0.25) is 0 Å². The van der Waals surface area contributed by atoms with Gasteiger partial charge in [-0.25, -0.2) is 9.97 Å². The van der Waals surface area contributed by atoms with Gasteiger partial charge in [-0.05, 0) is 18.4 Å². The zero-order chi connectivity index (χ0) is 14.8. The molecule has 3 heterocycles. The molecule has 0 spiro atoms. The molecule has 1 amide bonds. The molecule has 2 aromatic rings. The third-order valence-corrected chi connectivity index (χ3v) is 5.04. The summed E-state index contributed by atoms with van der Waals surface area (Å²) in [6.07, 6.45) is 0. The van der Waals surface area contributed by atoms with Gasteiger partial charge in [-0.15, -0.1) is 11.3 Å². The summed E-state index contributed by atoms with van der Waals surface area (Å²) < 4.78 is 5.26. The predicted molar refractivity (Wildman–Crippen MR) is 84.5 cm³/mol. The van der Waals surface area contributed by atoms with Gasteiger partial charge in [0, 0.05) is 13.1 Å². The van der Waals surface area contributed by atoms with Crippen molar-refractivity contribution in [3.8, 4) is 0 Å². The Bertz CT molecular complexity index is 655. The fourth-order valence-corrected chi connectivity index (χ4v) is 3.85. The van der Waals surface area contributed by atoms with E-state index in [4.69, 9.17) is 10.5 Å². The highest BCUT2D eigenvalue weighted by Crippen LogP contribution is 2.28. The number of amides is 1. The molecule has 0 aromatic carbocycles. The third-order valence-electron chi connectivity index (χ3n) is 3.29. The number of rotatable bonds is 3. The van der Waals surface area contributed by atoms with Crippen LogP contribution in [0.4, 0.5) is 5.82 Å². The molecule has 3 rings (SSSR count). The standard InChI is InChI=1S/C13H16N4O2S2/c1-8(12(18)17-3-5-19-6-4-17)21-13-15-10(14)9-2-7-20-11(9)16-13/h2,7-8H,3-6H2,1H3,(H2,14,15,16). The Labute approximate surface area is 130 Å². The first-order chi connectivity index (χ1) is 10.1. The summed E-state index contributed by atoms with van der Waals surface area (Å²) in [6, 6.07) is 1.91. The van der Waals surface area contributed by atoms with Crippen molar-refractivity contribution in [2.45, 2.75) is 17.3 Å². The highest BCUT2D eigenvalue weighted by atomic mass is 32.2. The Morgan fingerprint density at radius 1 is 1.48 bits per heavy atom. The van der Waals surface area contributed by atoms with E-state index in [1.54, 1.807) is 0 Å². The summed E-state index contributed by atoms with van der Waals surface area (Å²) >= 11 is 2.87. The van der Waals surface area contributed by atoms with Crippen LogP contribution in [0.15, 0.2) is 16.6 Å². The van der Waals surface area contributed by atoms with E-state index < -0.39 is 0 Å². The van der Waals surface area contributed by atoms with Crippen molar-refractivity contribution >= 4 is 45.0 Å². The van der Waals surface area contributed by atoms with Crippen molar-refractivity contribution in [2.75, 3.05) is 32.0 Å². The van der Waals surface area contributed by atoms with Crippen LogP contribution in [-0.2, 0) is 9.53 Å². The second-order valence-corrected chi connectivity index (χ2v) is 6.93. The average molecular weight is 324 g/mol. The normalized spacial score (nSPS) is 17.1. The molecule has 1 fully saturated rings. The van der Waals surface area contributed by atoms with E-state index in [0.717, 1.165) is 10.2 Å². The van der Waals surface area contributed by atoms with Crippen molar-refractivity contribution in [2.24, 2.45) is 0 Å². The topological polar surface area (TPSA) is 81.3 Å². The van der Waals surface area contributed by atoms with E-state index in [0.29, 0.717) is 37.3 Å². The van der Waals surface area contributed by atoms with Gasteiger partial charge in [0.2, 0.25) is 5.91 Å². The number of thiophene rings is 1. The SMILES string of the molecule is CC(Sc1nc(N)c2ccsc2n1)C(=O)N1CCOCC1. The van der Waals surface area contributed by atoms with Crippen LogP contribution in [0, 0.1) is 0 Å². The molecule has 2 N–H and O–H groups in total. The van der Waals surface area contributed by atoms with E-state index >= 15 is 0 Å². The molecule has 6 nitrogen and oxygen atoms in total. The first kappa shape index (κ1) is 14.6. The fourth-order valence-electron chi connectivity index (χ4n) is 2.16. The monoisotopic (exact) mass is 324 g/mol. The number of aromatic nitrogens is 2. The third kappa shape index (κ3) is 3.12. The quantitative estimate of drug-likeness (QED) is 0.682. The van der Waals surface area contributed by atoms with E-state index in [1.807, 2.05) is 23.3 Å². The summed E-state index contributed by atoms with van der Waals surface area (Å²) in [5.74, 6) is 0.562. The first-order valence-electron chi connectivity index (χ1n) is 6.69. The number of anilines is 1. The molecule has 8 heteroatoms. The minimum Gasteiger partial charge on any atom is -0.383 e. The summed E-state index contributed by atoms with van der Waals surface area (Å²) in [6.45, 7) is 4.38. The van der Waals surface area contributed by atoms with Crippen molar-refractivity contribution in [1.82, 2.24) is 14.9 Å². The van der Waals surface area contributed by atoms with E-state index in [1.165, 1.54) is 23.1 Å². The van der Waals surface area contributed by atoms with Crippen LogP contribution in [0.5, 0.6) is 0 Å². The lowest BCUT2D eigenvalue weighted by Gasteiger charge is -2.28. The fraction of sp³-hybridized carbons (Fsp3) is 0.462. The maximum atomic E-state index is 12.4. The number of hydrogen-bond donors (Lipinski definition) is 1. The molecule has 1 unspecified atom stereocenters. The lowest BCUT2D eigenvalue weighted by atomic mass is 10.3. The molecule has 0 radical (unpaired) electrons. The highest BCUT2D eigenvalue weighted by molar-refractivity contribution is 8.00. The Kier molecular flexibility index (Phi) is 4.27. The number of hydrogen-bond acceptors (Lipinski definition) is 7. The molecule has 1 aliphatic heterocycles. The number of thioether (sulfide) groups is 1. The lowest BCUT2D eigenvalue weighted by Crippen LogP contribution is -2.44. The van der Waals surface area contributed by atoms with Gasteiger partial charge in [-0.3, -0.25) is 4.79 Å². The van der Waals surface area contributed by atoms with Gasteiger partial charge in [-0.1, -0.05) is 11.8 Å². The largest absolute Gasteiger partial charge is 0.383 e. The molecule has 1 atom stereocenters. The molecule has 1 saturated heterocycles. The van der Waals surface area contributed by atoms with E-state index in [-0.39, 0.29) is 11.2 Å². The maximum absolute atomic E-state index is 12.4. The summed E-state index contributed by atoms with van der Waals surface area (Å²) in [5.41, 5.74) is 5.93.